The Kier molecular flexibility index (Phi) is 4.64. The lowest BCUT2D eigenvalue weighted by Crippen LogP contribution is -2.31. The van der Waals surface area contributed by atoms with Gasteiger partial charge < -0.3 is 14.5 Å². The molecule has 0 amide bonds. The molecule has 5 nitrogen and oxygen atoms in total. The number of likely N-dealkylation sites (N-methyl/N-ethyl adjacent to an activating group) is 1. The van der Waals surface area contributed by atoms with Crippen molar-refractivity contribution in [3.63, 3.8) is 0 Å². The number of nitrogens with zero attached hydrogens (tertiary/aromatic N) is 2. The third-order valence-electron chi connectivity index (χ3n) is 6.05. The van der Waals surface area contributed by atoms with Gasteiger partial charge in [-0.2, -0.15) is 0 Å². The van der Waals surface area contributed by atoms with Crippen LogP contribution in [0.25, 0.3) is 0 Å². The second-order valence-corrected chi connectivity index (χ2v) is 9.51. The minimum atomic E-state index is -3.55. The predicted molar refractivity (Wildman–Crippen MR) is 107 cm³/mol. The number of methoxy groups -OCH3 is 1. The lowest BCUT2D eigenvalue weighted by atomic mass is 9.91. The zero-order valence-electron chi connectivity index (χ0n) is 16.1. The van der Waals surface area contributed by atoms with E-state index >= 15 is 0 Å². The van der Waals surface area contributed by atoms with Crippen molar-refractivity contribution < 1.29 is 13.2 Å². The Hall–Kier alpha value is -2.05. The highest BCUT2D eigenvalue weighted by Gasteiger charge is 2.38. The van der Waals surface area contributed by atoms with E-state index in [0.29, 0.717) is 27.5 Å². The molecule has 0 aromatic heterocycles. The summed E-state index contributed by atoms with van der Waals surface area (Å²) >= 11 is 0. The minimum absolute atomic E-state index is 0.298. The topological polar surface area (TPSA) is 49.9 Å². The monoisotopic (exact) mass is 386 g/mol. The lowest BCUT2D eigenvalue weighted by molar-refractivity contribution is 0.345. The molecule has 2 heterocycles. The molecule has 6 heteroatoms. The van der Waals surface area contributed by atoms with Gasteiger partial charge in [0.25, 0.3) is 0 Å². The van der Waals surface area contributed by atoms with Gasteiger partial charge in [-0.25, -0.2) is 8.42 Å². The molecule has 1 saturated heterocycles. The average molecular weight is 387 g/mol. The Morgan fingerprint density at radius 1 is 0.963 bits per heavy atom. The van der Waals surface area contributed by atoms with Crippen LogP contribution in [0.3, 0.4) is 0 Å². The predicted octanol–water partition coefficient (Wildman–Crippen LogP) is 3.16. The Bertz CT molecular complexity index is 940. The van der Waals surface area contributed by atoms with Gasteiger partial charge in [-0.3, -0.25) is 0 Å². The first-order chi connectivity index (χ1) is 12.9. The summed E-state index contributed by atoms with van der Waals surface area (Å²) in [4.78, 5) is 5.37. The van der Waals surface area contributed by atoms with Gasteiger partial charge >= 0.3 is 0 Å². The number of hydrogen-bond donors (Lipinski definition) is 0. The van der Waals surface area contributed by atoms with E-state index in [4.69, 9.17) is 4.74 Å². The highest BCUT2D eigenvalue weighted by molar-refractivity contribution is 7.91. The van der Waals surface area contributed by atoms with Gasteiger partial charge in [0.05, 0.1) is 16.9 Å². The van der Waals surface area contributed by atoms with Gasteiger partial charge in [-0.1, -0.05) is 0 Å². The van der Waals surface area contributed by atoms with Crippen LogP contribution in [-0.2, 0) is 9.84 Å². The normalized spacial score (nSPS) is 22.9. The molecular formula is C21H26N2O3S. The Morgan fingerprint density at radius 3 is 2.33 bits per heavy atom. The number of anilines is 1. The molecule has 0 spiro atoms. The number of ether oxygens (including phenoxy) is 1. The van der Waals surface area contributed by atoms with Crippen LogP contribution in [-0.4, -0.2) is 53.7 Å². The molecule has 27 heavy (non-hydrogen) atoms. The first kappa shape index (κ1) is 18.3. The van der Waals surface area contributed by atoms with Crippen molar-refractivity contribution in [1.82, 2.24) is 4.90 Å². The summed E-state index contributed by atoms with van der Waals surface area (Å²) in [6.07, 6.45) is 2.16. The number of benzene rings is 2. The standard InChI is InChI=1S/C21H26N2O3S/c1-22-12-10-18-19-14-17(8-9-20(19)23(2)21(18)11-13-22)27(24,25)16-6-4-15(26-3)5-7-16/h4-9,14,18,21H,10-13H2,1-3H3/t18-,21-/m1/s1. The SMILES string of the molecule is COc1ccc(S(=O)(=O)c2ccc3c(c2)[C@H]2CCN(C)CC[C@H]2N3C)cc1. The van der Waals surface area contributed by atoms with Crippen LogP contribution in [0.5, 0.6) is 5.75 Å². The lowest BCUT2D eigenvalue weighted by Gasteiger charge is -2.25. The minimum Gasteiger partial charge on any atom is -0.497 e. The van der Waals surface area contributed by atoms with E-state index in [1.54, 1.807) is 37.4 Å². The summed E-state index contributed by atoms with van der Waals surface area (Å²) in [5.74, 6) is 1.04. The molecule has 0 unspecified atom stereocenters. The van der Waals surface area contributed by atoms with E-state index in [2.05, 4.69) is 23.9 Å². The Morgan fingerprint density at radius 2 is 1.63 bits per heavy atom. The van der Waals surface area contributed by atoms with Gasteiger partial charge in [0.1, 0.15) is 5.75 Å². The Balaban J connectivity index is 1.72. The van der Waals surface area contributed by atoms with Crippen molar-refractivity contribution in [2.75, 3.05) is 39.2 Å². The van der Waals surface area contributed by atoms with Crippen LogP contribution in [0.2, 0.25) is 0 Å². The molecular weight excluding hydrogens is 360 g/mol. The molecule has 4 rings (SSSR count). The Labute approximate surface area is 161 Å². The van der Waals surface area contributed by atoms with Crippen molar-refractivity contribution in [3.05, 3.63) is 48.0 Å². The number of hydrogen-bond acceptors (Lipinski definition) is 5. The van der Waals surface area contributed by atoms with E-state index in [0.717, 1.165) is 25.9 Å². The molecule has 144 valence electrons. The van der Waals surface area contributed by atoms with Crippen LogP contribution >= 0.6 is 0 Å². The molecule has 2 aliphatic rings. The number of rotatable bonds is 3. The highest BCUT2D eigenvalue weighted by Crippen LogP contribution is 2.45. The van der Waals surface area contributed by atoms with Crippen LogP contribution in [0.4, 0.5) is 5.69 Å². The largest absolute Gasteiger partial charge is 0.497 e. The highest BCUT2D eigenvalue weighted by atomic mass is 32.2. The summed E-state index contributed by atoms with van der Waals surface area (Å²) in [6.45, 7) is 2.13. The van der Waals surface area contributed by atoms with E-state index in [9.17, 15) is 8.42 Å². The second-order valence-electron chi connectivity index (χ2n) is 7.56. The average Bonchev–Trinajstić information content (AvgIpc) is 2.81. The molecule has 2 aromatic rings. The van der Waals surface area contributed by atoms with Crippen molar-refractivity contribution in [1.29, 1.82) is 0 Å². The van der Waals surface area contributed by atoms with Gasteiger partial charge in [-0.15, -0.1) is 0 Å². The van der Waals surface area contributed by atoms with Gasteiger partial charge in [0.15, 0.2) is 0 Å². The van der Waals surface area contributed by atoms with Gasteiger partial charge in [0.2, 0.25) is 9.84 Å². The summed E-state index contributed by atoms with van der Waals surface area (Å²) in [5.41, 5.74) is 2.34. The quantitative estimate of drug-likeness (QED) is 0.811. The number of fused-ring (bicyclic) bond motifs is 3. The third kappa shape index (κ3) is 3.11. The zero-order valence-corrected chi connectivity index (χ0v) is 16.9. The van der Waals surface area contributed by atoms with Crippen LogP contribution in [0.15, 0.2) is 52.3 Å². The fraction of sp³-hybridized carbons (Fsp3) is 0.429. The molecule has 2 aromatic carbocycles. The smallest absolute Gasteiger partial charge is 0.206 e. The zero-order chi connectivity index (χ0) is 19.2. The van der Waals surface area contributed by atoms with Crippen molar-refractivity contribution in [3.8, 4) is 5.75 Å². The van der Waals surface area contributed by atoms with E-state index in [-0.39, 0.29) is 0 Å². The number of likely N-dealkylation sites (tertiary alicyclic amines) is 1. The van der Waals surface area contributed by atoms with Crippen LogP contribution < -0.4 is 9.64 Å². The van der Waals surface area contributed by atoms with E-state index in [1.165, 1.54) is 11.3 Å². The molecule has 1 fully saturated rings. The molecule has 0 bridgehead atoms. The number of sulfone groups is 1. The van der Waals surface area contributed by atoms with Crippen LogP contribution in [0, 0.1) is 0 Å². The summed E-state index contributed by atoms with van der Waals surface area (Å²) in [6, 6.07) is 12.7. The molecule has 2 atom stereocenters. The van der Waals surface area contributed by atoms with E-state index < -0.39 is 9.84 Å². The van der Waals surface area contributed by atoms with Gasteiger partial charge in [-0.05, 0) is 81.0 Å². The maximum absolute atomic E-state index is 13.1. The van der Waals surface area contributed by atoms with Crippen molar-refractivity contribution in [2.24, 2.45) is 0 Å². The second kappa shape index (κ2) is 6.84. The molecule has 0 aliphatic carbocycles. The maximum Gasteiger partial charge on any atom is 0.206 e. The van der Waals surface area contributed by atoms with Crippen molar-refractivity contribution >= 4 is 15.5 Å². The molecule has 2 aliphatic heterocycles. The third-order valence-corrected chi connectivity index (χ3v) is 7.82. The van der Waals surface area contributed by atoms with Crippen molar-refractivity contribution in [2.45, 2.75) is 34.6 Å². The van der Waals surface area contributed by atoms with E-state index in [1.807, 2.05) is 12.1 Å². The fourth-order valence-electron chi connectivity index (χ4n) is 4.43. The first-order valence-electron chi connectivity index (χ1n) is 9.36. The fourth-order valence-corrected chi connectivity index (χ4v) is 5.73. The van der Waals surface area contributed by atoms with Crippen LogP contribution in [0.1, 0.15) is 24.3 Å². The molecule has 0 N–H and O–H groups in total. The summed E-state index contributed by atoms with van der Waals surface area (Å²) in [5, 5.41) is 0. The molecule has 0 radical (unpaired) electrons. The first-order valence-corrected chi connectivity index (χ1v) is 10.8. The summed E-state index contributed by atoms with van der Waals surface area (Å²) in [7, 11) is 2.32. The molecule has 0 saturated carbocycles. The maximum atomic E-state index is 13.1. The summed E-state index contributed by atoms with van der Waals surface area (Å²) < 4.78 is 31.4. The van der Waals surface area contributed by atoms with Gasteiger partial charge in [0, 0.05) is 24.7 Å².